The second kappa shape index (κ2) is 7.99. The van der Waals surface area contributed by atoms with Crippen LogP contribution in [0.2, 0.25) is 5.02 Å². The van der Waals surface area contributed by atoms with Crippen molar-refractivity contribution in [2.75, 3.05) is 16.2 Å². The number of carbonyl (C=O) groups is 1. The minimum atomic E-state index is -4.83. The van der Waals surface area contributed by atoms with Gasteiger partial charge >= 0.3 is 6.36 Å². The van der Waals surface area contributed by atoms with Crippen molar-refractivity contribution in [2.45, 2.75) is 30.9 Å². The highest BCUT2D eigenvalue weighted by atomic mass is 35.5. The van der Waals surface area contributed by atoms with E-state index in [4.69, 9.17) is 11.6 Å². The molecule has 0 bridgehead atoms. The van der Waals surface area contributed by atoms with Crippen LogP contribution in [0, 0.1) is 0 Å². The molecule has 11 heteroatoms. The zero-order valence-corrected chi connectivity index (χ0v) is 17.3. The first-order valence-electron chi connectivity index (χ1n) is 8.87. The first kappa shape index (κ1) is 22.2. The number of ether oxygens (including phenoxy) is 1. The number of amides is 1. The van der Waals surface area contributed by atoms with E-state index in [1.54, 1.807) is 24.3 Å². The fourth-order valence-corrected chi connectivity index (χ4v) is 5.23. The van der Waals surface area contributed by atoms with Gasteiger partial charge in [-0.1, -0.05) is 11.6 Å². The number of nitrogens with zero attached hydrogens (tertiary/aromatic N) is 1. The number of anilines is 2. The van der Waals surface area contributed by atoms with E-state index in [9.17, 15) is 26.4 Å². The fourth-order valence-electron chi connectivity index (χ4n) is 3.16. The molecule has 1 heterocycles. The van der Waals surface area contributed by atoms with Crippen molar-refractivity contribution in [3.8, 4) is 5.75 Å². The van der Waals surface area contributed by atoms with Gasteiger partial charge in [-0.3, -0.25) is 9.10 Å². The molecule has 0 radical (unpaired) electrons. The van der Waals surface area contributed by atoms with Crippen LogP contribution < -0.4 is 14.4 Å². The smallest absolute Gasteiger partial charge is 0.406 e. The molecule has 1 fully saturated rings. The summed E-state index contributed by atoms with van der Waals surface area (Å²) in [5.41, 5.74) is 0.543. The van der Waals surface area contributed by atoms with E-state index >= 15 is 0 Å². The van der Waals surface area contributed by atoms with E-state index in [-0.39, 0.29) is 18.7 Å². The van der Waals surface area contributed by atoms with Crippen LogP contribution >= 0.6 is 11.6 Å². The molecule has 2 aromatic rings. The van der Waals surface area contributed by atoms with Gasteiger partial charge in [0.05, 0.1) is 5.69 Å². The molecule has 1 N–H and O–H groups in total. The molecule has 0 aromatic heterocycles. The van der Waals surface area contributed by atoms with Crippen LogP contribution in [0.25, 0.3) is 0 Å². The number of alkyl halides is 3. The molecule has 0 saturated carbocycles. The lowest BCUT2D eigenvalue weighted by molar-refractivity contribution is -0.274. The topological polar surface area (TPSA) is 75.7 Å². The lowest BCUT2D eigenvalue weighted by Gasteiger charge is -2.39. The number of rotatable bonds is 4. The zero-order valence-electron chi connectivity index (χ0n) is 15.7. The molecule has 2 aromatic carbocycles. The standard InChI is InChI=1S/C19H18ClF3N2O4S/c1-18(17(26)24-14-5-9-16(10-6-14)29-19(21,22)23)11-2-12-25(30(18,27)28)15-7-3-13(20)4-8-15/h3-10H,2,11-12H2,1H3,(H,24,26). The van der Waals surface area contributed by atoms with E-state index in [1.807, 2.05) is 0 Å². The highest BCUT2D eigenvalue weighted by molar-refractivity contribution is 7.95. The molecule has 3 rings (SSSR count). The Balaban J connectivity index is 1.81. The Morgan fingerprint density at radius 2 is 1.73 bits per heavy atom. The maximum atomic E-state index is 13.2. The Morgan fingerprint density at radius 3 is 2.30 bits per heavy atom. The first-order valence-corrected chi connectivity index (χ1v) is 10.7. The molecule has 6 nitrogen and oxygen atoms in total. The highest BCUT2D eigenvalue weighted by Crippen LogP contribution is 2.36. The van der Waals surface area contributed by atoms with Crippen molar-refractivity contribution in [3.05, 3.63) is 53.6 Å². The third kappa shape index (κ3) is 4.49. The number of sulfonamides is 1. The molecule has 1 unspecified atom stereocenters. The third-order valence-electron chi connectivity index (χ3n) is 4.82. The molecular weight excluding hydrogens is 445 g/mol. The van der Waals surface area contributed by atoms with Crippen molar-refractivity contribution in [1.29, 1.82) is 0 Å². The van der Waals surface area contributed by atoms with Gasteiger partial charge in [-0.25, -0.2) is 8.42 Å². The highest BCUT2D eigenvalue weighted by Gasteiger charge is 2.52. The SMILES string of the molecule is CC1(C(=O)Nc2ccc(OC(F)(F)F)cc2)CCCN(c2ccc(Cl)cc2)S1(=O)=O. The number of hydrogen-bond donors (Lipinski definition) is 1. The van der Waals surface area contributed by atoms with Crippen molar-refractivity contribution < 1.29 is 31.1 Å². The second-order valence-corrected chi connectivity index (χ2v) is 9.64. The Labute approximate surface area is 176 Å². The molecule has 0 spiro atoms. The van der Waals surface area contributed by atoms with Gasteiger partial charge in [0.2, 0.25) is 15.9 Å². The van der Waals surface area contributed by atoms with Crippen molar-refractivity contribution in [1.82, 2.24) is 0 Å². The van der Waals surface area contributed by atoms with Crippen molar-refractivity contribution in [2.24, 2.45) is 0 Å². The van der Waals surface area contributed by atoms with Gasteiger partial charge in [-0.2, -0.15) is 0 Å². The number of carbonyl (C=O) groups excluding carboxylic acids is 1. The zero-order chi connectivity index (χ0) is 22.2. The molecule has 0 aliphatic carbocycles. The van der Waals surface area contributed by atoms with Crippen molar-refractivity contribution >= 4 is 38.9 Å². The lowest BCUT2D eigenvalue weighted by atomic mass is 10.0. The van der Waals surface area contributed by atoms with Crippen LogP contribution in [0.15, 0.2) is 48.5 Å². The summed E-state index contributed by atoms with van der Waals surface area (Å²) >= 11 is 5.86. The Hall–Kier alpha value is -2.46. The first-order chi connectivity index (χ1) is 13.9. The number of benzene rings is 2. The van der Waals surface area contributed by atoms with Crippen LogP contribution in [0.4, 0.5) is 24.5 Å². The third-order valence-corrected chi connectivity index (χ3v) is 7.57. The Kier molecular flexibility index (Phi) is 5.92. The monoisotopic (exact) mass is 462 g/mol. The van der Waals surface area contributed by atoms with E-state index in [0.717, 1.165) is 12.1 Å². The van der Waals surface area contributed by atoms with E-state index in [0.29, 0.717) is 17.1 Å². The second-order valence-electron chi connectivity index (χ2n) is 6.91. The Morgan fingerprint density at radius 1 is 1.13 bits per heavy atom. The van der Waals surface area contributed by atoms with Crippen LogP contribution in [0.1, 0.15) is 19.8 Å². The molecular formula is C19H18ClF3N2O4S. The van der Waals surface area contributed by atoms with Crippen LogP contribution in [0.5, 0.6) is 5.75 Å². The summed E-state index contributed by atoms with van der Waals surface area (Å²) in [5, 5.41) is 2.93. The molecule has 1 saturated heterocycles. The van der Waals surface area contributed by atoms with Gasteiger partial charge in [-0.05, 0) is 68.3 Å². The largest absolute Gasteiger partial charge is 0.573 e. The fraction of sp³-hybridized carbons (Fsp3) is 0.316. The normalized spacial score (nSPS) is 21.2. The summed E-state index contributed by atoms with van der Waals surface area (Å²) in [6.45, 7) is 1.55. The Bertz CT molecular complexity index is 1030. The average molecular weight is 463 g/mol. The van der Waals surface area contributed by atoms with Gasteiger partial charge in [0.25, 0.3) is 0 Å². The van der Waals surface area contributed by atoms with Crippen molar-refractivity contribution in [3.63, 3.8) is 0 Å². The summed E-state index contributed by atoms with van der Waals surface area (Å²) in [6, 6.07) is 10.7. The summed E-state index contributed by atoms with van der Waals surface area (Å²) < 4.78 is 66.5. The van der Waals surface area contributed by atoms with E-state index in [1.165, 1.54) is 23.4 Å². The predicted octanol–water partition coefficient (Wildman–Crippen LogP) is 4.57. The van der Waals surface area contributed by atoms with Gasteiger partial charge in [0.1, 0.15) is 5.75 Å². The van der Waals surface area contributed by atoms with Gasteiger partial charge < -0.3 is 10.1 Å². The molecule has 1 aliphatic heterocycles. The van der Waals surface area contributed by atoms with Crippen LogP contribution in [-0.4, -0.2) is 32.0 Å². The number of halogens is 4. The summed E-state index contributed by atoms with van der Waals surface area (Å²) in [6.07, 6.45) is -4.29. The summed E-state index contributed by atoms with van der Waals surface area (Å²) in [7, 11) is -4.08. The number of hydrogen-bond acceptors (Lipinski definition) is 4. The minimum absolute atomic E-state index is 0.0977. The van der Waals surface area contributed by atoms with Gasteiger partial charge in [0, 0.05) is 17.3 Å². The van der Waals surface area contributed by atoms with E-state index in [2.05, 4.69) is 10.1 Å². The minimum Gasteiger partial charge on any atom is -0.406 e. The molecule has 1 aliphatic rings. The quantitative estimate of drug-likeness (QED) is 0.722. The number of nitrogens with one attached hydrogen (secondary N) is 1. The molecule has 1 atom stereocenters. The summed E-state index contributed by atoms with van der Waals surface area (Å²) in [4.78, 5) is 12.9. The maximum absolute atomic E-state index is 13.2. The summed E-state index contributed by atoms with van der Waals surface area (Å²) in [5.74, 6) is -1.23. The van der Waals surface area contributed by atoms with Gasteiger partial charge in [0.15, 0.2) is 4.75 Å². The molecule has 30 heavy (non-hydrogen) atoms. The predicted molar refractivity (Wildman–Crippen MR) is 107 cm³/mol. The van der Waals surface area contributed by atoms with E-state index < -0.39 is 32.8 Å². The van der Waals surface area contributed by atoms with Crippen LogP contribution in [-0.2, 0) is 14.8 Å². The average Bonchev–Trinajstić information content (AvgIpc) is 2.65. The van der Waals surface area contributed by atoms with Crippen LogP contribution in [0.3, 0.4) is 0 Å². The molecule has 1 amide bonds. The van der Waals surface area contributed by atoms with Gasteiger partial charge in [-0.15, -0.1) is 13.2 Å². The molecule has 162 valence electrons. The maximum Gasteiger partial charge on any atom is 0.573 e. The lowest BCUT2D eigenvalue weighted by Crippen LogP contribution is -2.57.